The molecule has 6 nitrogen and oxygen atoms in total. The highest BCUT2D eigenvalue weighted by Gasteiger charge is 2.51. The average Bonchev–Trinajstić information content (AvgIpc) is 3.12. The molecular formula is C23H20N2O4S. The van der Waals surface area contributed by atoms with Gasteiger partial charge in [-0.05, 0) is 24.6 Å². The highest BCUT2D eigenvalue weighted by Crippen LogP contribution is 2.51. The molecule has 2 aromatic carbocycles. The second kappa shape index (κ2) is 7.63. The molecule has 0 spiro atoms. The van der Waals surface area contributed by atoms with Crippen molar-refractivity contribution in [3.63, 3.8) is 0 Å². The first kappa shape index (κ1) is 20.2. The Kier molecular flexibility index (Phi) is 5.14. The summed E-state index contributed by atoms with van der Waals surface area (Å²) in [6.07, 6.45) is 0.0682. The van der Waals surface area contributed by atoms with Crippen LogP contribution in [0.5, 0.6) is 0 Å². The minimum atomic E-state index is -1.48. The summed E-state index contributed by atoms with van der Waals surface area (Å²) < 4.78 is 4.72. The lowest BCUT2D eigenvalue weighted by Gasteiger charge is -2.38. The number of fused-ring (bicyclic) bond motifs is 1. The normalized spacial score (nSPS) is 23.2. The largest absolute Gasteiger partial charge is 0.465 e. The summed E-state index contributed by atoms with van der Waals surface area (Å²) in [5, 5.41) is 21.8. The molecular weight excluding hydrogens is 400 g/mol. The van der Waals surface area contributed by atoms with Gasteiger partial charge in [-0.1, -0.05) is 42.0 Å². The highest BCUT2D eigenvalue weighted by atomic mass is 32.2. The van der Waals surface area contributed by atoms with Crippen molar-refractivity contribution < 1.29 is 19.4 Å². The molecule has 1 amide bonds. The Morgan fingerprint density at radius 2 is 1.90 bits per heavy atom. The summed E-state index contributed by atoms with van der Waals surface area (Å²) in [7, 11) is 1.31. The number of benzene rings is 2. The van der Waals surface area contributed by atoms with Crippen molar-refractivity contribution in [2.45, 2.75) is 25.0 Å². The Hall–Kier alpha value is -3.08. The van der Waals surface area contributed by atoms with Gasteiger partial charge in [-0.15, -0.1) is 11.8 Å². The van der Waals surface area contributed by atoms with Gasteiger partial charge in [0.2, 0.25) is 5.91 Å². The number of carbonyl (C=O) groups excluding carboxylic acids is 2. The van der Waals surface area contributed by atoms with Crippen LogP contribution < -0.4 is 0 Å². The second-order valence-electron chi connectivity index (χ2n) is 7.40. The summed E-state index contributed by atoms with van der Waals surface area (Å²) >= 11 is 1.32. The molecule has 2 unspecified atom stereocenters. The number of esters is 1. The number of nitriles is 1. The van der Waals surface area contributed by atoms with Crippen LogP contribution in [0.25, 0.3) is 0 Å². The van der Waals surface area contributed by atoms with Crippen LogP contribution in [0.3, 0.4) is 0 Å². The molecule has 1 saturated heterocycles. The number of allylic oxidation sites excluding steroid dienone is 1. The molecule has 0 aromatic heterocycles. The van der Waals surface area contributed by atoms with Crippen LogP contribution in [-0.2, 0) is 15.3 Å². The Morgan fingerprint density at radius 1 is 1.23 bits per heavy atom. The maximum atomic E-state index is 13.1. The lowest BCUT2D eigenvalue weighted by atomic mass is 9.85. The van der Waals surface area contributed by atoms with Crippen molar-refractivity contribution in [1.82, 2.24) is 4.90 Å². The van der Waals surface area contributed by atoms with E-state index in [1.807, 2.05) is 31.2 Å². The molecule has 152 valence electrons. The third kappa shape index (κ3) is 3.18. The first-order valence-corrected chi connectivity index (χ1v) is 10.5. The zero-order valence-corrected chi connectivity index (χ0v) is 17.4. The number of thioether (sulfide) groups is 1. The monoisotopic (exact) mass is 420 g/mol. The molecule has 1 N–H and O–H groups in total. The number of nitrogens with zero attached hydrogens (tertiary/aromatic N) is 2. The number of carbonyl (C=O) groups is 2. The van der Waals surface area contributed by atoms with Crippen LogP contribution in [-0.4, -0.2) is 34.7 Å². The quantitative estimate of drug-likeness (QED) is 0.765. The topological polar surface area (TPSA) is 90.6 Å². The fraction of sp³-hybridized carbons (Fsp3) is 0.261. The van der Waals surface area contributed by atoms with Crippen LogP contribution in [0, 0.1) is 18.3 Å². The molecule has 0 saturated carbocycles. The number of hydrogen-bond donors (Lipinski definition) is 1. The molecule has 2 aromatic rings. The van der Waals surface area contributed by atoms with Crippen molar-refractivity contribution in [2.24, 2.45) is 0 Å². The lowest BCUT2D eigenvalue weighted by Crippen LogP contribution is -2.48. The van der Waals surface area contributed by atoms with Gasteiger partial charge in [0.25, 0.3) is 0 Å². The van der Waals surface area contributed by atoms with Crippen LogP contribution in [0.15, 0.2) is 59.1 Å². The third-order valence-corrected chi connectivity index (χ3v) is 6.78. The van der Waals surface area contributed by atoms with Gasteiger partial charge in [-0.2, -0.15) is 5.26 Å². The van der Waals surface area contributed by atoms with Gasteiger partial charge in [0, 0.05) is 17.9 Å². The zero-order valence-electron chi connectivity index (χ0n) is 16.6. The predicted octanol–water partition coefficient (Wildman–Crippen LogP) is 3.42. The van der Waals surface area contributed by atoms with Gasteiger partial charge < -0.3 is 9.84 Å². The van der Waals surface area contributed by atoms with Crippen LogP contribution in [0.2, 0.25) is 0 Å². The molecule has 2 aliphatic heterocycles. The van der Waals surface area contributed by atoms with E-state index in [4.69, 9.17) is 4.74 Å². The number of methoxy groups -OCH3 is 1. The van der Waals surface area contributed by atoms with Crippen molar-refractivity contribution >= 4 is 23.6 Å². The maximum Gasteiger partial charge on any atom is 0.337 e. The van der Waals surface area contributed by atoms with Crippen molar-refractivity contribution in [1.29, 1.82) is 5.26 Å². The first-order chi connectivity index (χ1) is 14.4. The standard InChI is InChI=1S/C23H20N2O4S/c1-14-3-9-17(10-4-14)23(28)13-30-21-19(12-24)18(11-20(26)25(21)23)15-5-7-16(8-6-15)22(27)29-2/h3-10,18,28H,11,13H2,1-2H3. The van der Waals surface area contributed by atoms with Crippen LogP contribution in [0.4, 0.5) is 0 Å². The van der Waals surface area contributed by atoms with Gasteiger partial charge in [0.05, 0.1) is 35.1 Å². The van der Waals surface area contributed by atoms with Crippen LogP contribution in [0.1, 0.15) is 39.4 Å². The van der Waals surface area contributed by atoms with E-state index in [0.717, 1.165) is 11.1 Å². The Balaban J connectivity index is 1.73. The highest BCUT2D eigenvalue weighted by molar-refractivity contribution is 8.03. The smallest absolute Gasteiger partial charge is 0.337 e. The maximum absolute atomic E-state index is 13.1. The number of aryl methyl sites for hydroxylation is 1. The number of aliphatic hydroxyl groups is 1. The van der Waals surface area contributed by atoms with Gasteiger partial charge >= 0.3 is 5.97 Å². The molecule has 2 aliphatic rings. The minimum Gasteiger partial charge on any atom is -0.465 e. The number of hydrogen-bond acceptors (Lipinski definition) is 6. The molecule has 4 rings (SSSR count). The summed E-state index contributed by atoms with van der Waals surface area (Å²) in [4.78, 5) is 26.2. The number of rotatable bonds is 3. The van der Waals surface area contributed by atoms with E-state index in [1.54, 1.807) is 24.3 Å². The summed E-state index contributed by atoms with van der Waals surface area (Å²) in [6, 6.07) is 16.4. The SMILES string of the molecule is COC(=O)c1ccc(C2CC(=O)N3C(=C2C#N)SCC3(O)c2ccc(C)cc2)cc1. The molecule has 0 bridgehead atoms. The number of amides is 1. The molecule has 7 heteroatoms. The molecule has 2 atom stereocenters. The summed E-state index contributed by atoms with van der Waals surface area (Å²) in [5.41, 5.74) is 1.83. The lowest BCUT2D eigenvalue weighted by molar-refractivity contribution is -0.149. The zero-order chi connectivity index (χ0) is 21.5. The fourth-order valence-electron chi connectivity index (χ4n) is 3.91. The molecule has 0 radical (unpaired) electrons. The van der Waals surface area contributed by atoms with Gasteiger partial charge in [-0.3, -0.25) is 9.69 Å². The molecule has 2 heterocycles. The van der Waals surface area contributed by atoms with E-state index in [1.165, 1.54) is 23.8 Å². The van der Waals surface area contributed by atoms with Crippen LogP contribution >= 0.6 is 11.8 Å². The van der Waals surface area contributed by atoms with E-state index >= 15 is 0 Å². The van der Waals surface area contributed by atoms with E-state index < -0.39 is 17.6 Å². The molecule has 1 fully saturated rings. The van der Waals surface area contributed by atoms with Gasteiger partial charge in [-0.25, -0.2) is 4.79 Å². The molecule has 30 heavy (non-hydrogen) atoms. The van der Waals surface area contributed by atoms with Crippen molar-refractivity contribution in [3.8, 4) is 6.07 Å². The fourth-order valence-corrected chi connectivity index (χ4v) is 5.27. The number of ether oxygens (including phenoxy) is 1. The third-order valence-electron chi connectivity index (χ3n) is 5.56. The predicted molar refractivity (Wildman–Crippen MR) is 112 cm³/mol. The minimum absolute atomic E-state index is 0.0682. The molecule has 0 aliphatic carbocycles. The van der Waals surface area contributed by atoms with E-state index in [2.05, 4.69) is 6.07 Å². The van der Waals surface area contributed by atoms with Crippen molar-refractivity contribution in [3.05, 3.63) is 81.4 Å². The summed E-state index contributed by atoms with van der Waals surface area (Å²) in [5.74, 6) is -0.843. The van der Waals surface area contributed by atoms with Crippen molar-refractivity contribution in [2.75, 3.05) is 12.9 Å². The van der Waals surface area contributed by atoms with Gasteiger partial charge in [0.1, 0.15) is 0 Å². The van der Waals surface area contributed by atoms with Gasteiger partial charge in [0.15, 0.2) is 5.72 Å². The van der Waals surface area contributed by atoms with E-state index in [-0.39, 0.29) is 18.1 Å². The van der Waals surface area contributed by atoms with E-state index in [9.17, 15) is 20.0 Å². The average molecular weight is 420 g/mol. The summed E-state index contributed by atoms with van der Waals surface area (Å²) in [6.45, 7) is 1.96. The second-order valence-corrected chi connectivity index (χ2v) is 8.37. The first-order valence-electron chi connectivity index (χ1n) is 9.47. The Bertz CT molecular complexity index is 1090. The van der Waals surface area contributed by atoms with E-state index in [0.29, 0.717) is 21.7 Å². The Morgan fingerprint density at radius 3 is 2.50 bits per heavy atom. The Labute approximate surface area is 178 Å².